The average molecular weight is 355 g/mol. The van der Waals surface area contributed by atoms with E-state index in [-0.39, 0.29) is 12.5 Å². The highest BCUT2D eigenvalue weighted by Gasteiger charge is 2.20. The summed E-state index contributed by atoms with van der Waals surface area (Å²) in [6.07, 6.45) is 6.40. The van der Waals surface area contributed by atoms with Crippen molar-refractivity contribution >= 4 is 28.1 Å². The zero-order valence-electron chi connectivity index (χ0n) is 14.0. The minimum atomic E-state index is -0.0706. The molecule has 25 heavy (non-hydrogen) atoms. The minimum absolute atomic E-state index is 0.0594. The summed E-state index contributed by atoms with van der Waals surface area (Å²) in [6.45, 7) is 0.671. The molecule has 3 aromatic rings. The van der Waals surface area contributed by atoms with Crippen LogP contribution in [0.2, 0.25) is 0 Å². The van der Waals surface area contributed by atoms with E-state index in [0.29, 0.717) is 18.7 Å². The third-order valence-electron chi connectivity index (χ3n) is 4.81. The van der Waals surface area contributed by atoms with Crippen LogP contribution in [-0.4, -0.2) is 39.0 Å². The predicted octanol–water partition coefficient (Wildman–Crippen LogP) is 3.14. The summed E-state index contributed by atoms with van der Waals surface area (Å²) in [5.74, 6) is -0.0706. The van der Waals surface area contributed by atoms with Crippen LogP contribution < -0.4 is 0 Å². The number of hydrogen-bond acceptors (Lipinski definition) is 4. The van der Waals surface area contributed by atoms with Gasteiger partial charge in [0.15, 0.2) is 0 Å². The highest BCUT2D eigenvalue weighted by atomic mass is 32.1. The molecule has 130 valence electrons. The summed E-state index contributed by atoms with van der Waals surface area (Å²) in [4.78, 5) is 22.3. The number of fused-ring (bicyclic) bond motifs is 3. The second-order valence-corrected chi connectivity index (χ2v) is 7.40. The fourth-order valence-electron chi connectivity index (χ4n) is 3.60. The van der Waals surface area contributed by atoms with Crippen LogP contribution in [0.5, 0.6) is 0 Å². The first-order valence-corrected chi connectivity index (χ1v) is 9.56. The maximum Gasteiger partial charge on any atom is 0.254 e. The molecule has 1 aliphatic carbocycles. The monoisotopic (exact) mass is 355 g/mol. The van der Waals surface area contributed by atoms with Crippen LogP contribution in [-0.2, 0) is 19.4 Å². The molecule has 1 amide bonds. The number of hydrogen-bond donors (Lipinski definition) is 2. The third kappa shape index (κ3) is 3.19. The zero-order chi connectivity index (χ0) is 17.2. The SMILES string of the molecule is O=C(c1ccc2c3c([nH]c2c1)CCCC3)N(CCO)Cc1nccs1. The van der Waals surface area contributed by atoms with Crippen LogP contribution in [0, 0.1) is 0 Å². The number of nitrogens with one attached hydrogen (secondary N) is 1. The number of rotatable bonds is 5. The number of aromatic amines is 1. The first-order valence-electron chi connectivity index (χ1n) is 8.68. The predicted molar refractivity (Wildman–Crippen MR) is 98.9 cm³/mol. The lowest BCUT2D eigenvalue weighted by atomic mass is 9.95. The summed E-state index contributed by atoms with van der Waals surface area (Å²) in [5, 5.41) is 13.3. The Hall–Kier alpha value is -2.18. The van der Waals surface area contributed by atoms with Crippen molar-refractivity contribution in [2.45, 2.75) is 32.2 Å². The Bertz CT molecular complexity index is 886. The molecule has 5 nitrogen and oxygen atoms in total. The van der Waals surface area contributed by atoms with Crippen LogP contribution in [0.15, 0.2) is 29.8 Å². The van der Waals surface area contributed by atoms with Gasteiger partial charge in [-0.25, -0.2) is 4.98 Å². The molecule has 0 saturated carbocycles. The molecule has 0 bridgehead atoms. The van der Waals surface area contributed by atoms with Gasteiger partial charge in [0.2, 0.25) is 0 Å². The van der Waals surface area contributed by atoms with E-state index in [1.807, 2.05) is 17.5 Å². The third-order valence-corrected chi connectivity index (χ3v) is 5.58. The number of aliphatic hydroxyl groups is 1. The van der Waals surface area contributed by atoms with Gasteiger partial charge in [-0.3, -0.25) is 4.79 Å². The number of thiazole rings is 1. The van der Waals surface area contributed by atoms with Gasteiger partial charge in [-0.2, -0.15) is 0 Å². The van der Waals surface area contributed by atoms with E-state index in [1.54, 1.807) is 11.1 Å². The molecule has 0 atom stereocenters. The molecular formula is C19H21N3O2S. The van der Waals surface area contributed by atoms with E-state index in [0.717, 1.165) is 23.4 Å². The molecule has 0 aliphatic heterocycles. The number of H-pyrrole nitrogens is 1. The fraction of sp³-hybridized carbons (Fsp3) is 0.368. The Kier molecular flexibility index (Phi) is 4.55. The number of carbonyl (C=O) groups is 1. The van der Waals surface area contributed by atoms with E-state index < -0.39 is 0 Å². The smallest absolute Gasteiger partial charge is 0.254 e. The van der Waals surface area contributed by atoms with Crippen molar-refractivity contribution in [3.8, 4) is 0 Å². The first-order chi connectivity index (χ1) is 12.3. The first kappa shape index (κ1) is 16.3. The lowest BCUT2D eigenvalue weighted by Crippen LogP contribution is -2.33. The maximum atomic E-state index is 12.9. The summed E-state index contributed by atoms with van der Waals surface area (Å²) in [6, 6.07) is 5.91. The Balaban J connectivity index is 1.63. The molecule has 2 aromatic heterocycles. The highest BCUT2D eigenvalue weighted by molar-refractivity contribution is 7.09. The summed E-state index contributed by atoms with van der Waals surface area (Å²) in [5.41, 5.74) is 4.42. The molecule has 0 spiro atoms. The molecule has 2 N–H and O–H groups in total. The van der Waals surface area contributed by atoms with Crippen molar-refractivity contribution in [2.75, 3.05) is 13.2 Å². The summed E-state index contributed by atoms with van der Waals surface area (Å²) in [7, 11) is 0. The van der Waals surface area contributed by atoms with Gasteiger partial charge in [0, 0.05) is 40.3 Å². The molecule has 0 fully saturated rings. The van der Waals surface area contributed by atoms with Gasteiger partial charge < -0.3 is 15.0 Å². The van der Waals surface area contributed by atoms with Crippen molar-refractivity contribution < 1.29 is 9.90 Å². The molecule has 0 radical (unpaired) electrons. The normalized spacial score (nSPS) is 13.8. The Morgan fingerprint density at radius 3 is 3.00 bits per heavy atom. The van der Waals surface area contributed by atoms with Gasteiger partial charge in [0.1, 0.15) is 5.01 Å². The van der Waals surface area contributed by atoms with Crippen LogP contribution in [0.3, 0.4) is 0 Å². The maximum absolute atomic E-state index is 12.9. The number of aryl methyl sites for hydroxylation is 2. The molecule has 2 heterocycles. The molecule has 1 aliphatic rings. The van der Waals surface area contributed by atoms with Gasteiger partial charge in [-0.1, -0.05) is 6.07 Å². The van der Waals surface area contributed by atoms with Gasteiger partial charge in [-0.05, 0) is 43.4 Å². The Labute approximate surface area is 150 Å². The molecule has 1 aromatic carbocycles. The highest BCUT2D eigenvalue weighted by Crippen LogP contribution is 2.29. The van der Waals surface area contributed by atoms with Gasteiger partial charge in [0.05, 0.1) is 13.2 Å². The average Bonchev–Trinajstić information content (AvgIpc) is 3.27. The van der Waals surface area contributed by atoms with Crippen molar-refractivity contribution in [1.82, 2.24) is 14.9 Å². The number of carbonyl (C=O) groups excluding carboxylic acids is 1. The molecule has 4 rings (SSSR count). The lowest BCUT2D eigenvalue weighted by Gasteiger charge is -2.20. The second-order valence-electron chi connectivity index (χ2n) is 6.43. The zero-order valence-corrected chi connectivity index (χ0v) is 14.8. The lowest BCUT2D eigenvalue weighted by molar-refractivity contribution is 0.0708. The van der Waals surface area contributed by atoms with E-state index in [4.69, 9.17) is 0 Å². The summed E-state index contributed by atoms with van der Waals surface area (Å²) < 4.78 is 0. The minimum Gasteiger partial charge on any atom is -0.395 e. The number of nitrogens with zero attached hydrogens (tertiary/aromatic N) is 2. The van der Waals surface area contributed by atoms with Crippen molar-refractivity contribution in [3.05, 3.63) is 51.6 Å². The molecular weight excluding hydrogens is 334 g/mol. The van der Waals surface area contributed by atoms with Crippen LogP contribution in [0.25, 0.3) is 10.9 Å². The van der Waals surface area contributed by atoms with Crippen molar-refractivity contribution in [3.63, 3.8) is 0 Å². The topological polar surface area (TPSA) is 69.2 Å². The van der Waals surface area contributed by atoms with Crippen LogP contribution in [0.1, 0.15) is 39.5 Å². The Morgan fingerprint density at radius 2 is 2.20 bits per heavy atom. The number of amides is 1. The van der Waals surface area contributed by atoms with E-state index in [9.17, 15) is 9.90 Å². The van der Waals surface area contributed by atoms with E-state index in [2.05, 4.69) is 16.0 Å². The van der Waals surface area contributed by atoms with Crippen LogP contribution >= 0.6 is 11.3 Å². The van der Waals surface area contributed by atoms with Gasteiger partial charge in [0.25, 0.3) is 5.91 Å². The summed E-state index contributed by atoms with van der Waals surface area (Å²) >= 11 is 1.52. The quantitative estimate of drug-likeness (QED) is 0.739. The largest absolute Gasteiger partial charge is 0.395 e. The standard InChI is InChI=1S/C19H21N3O2S/c23-9-8-22(12-18-20-7-10-25-18)19(24)13-5-6-15-14-3-1-2-4-16(14)21-17(15)11-13/h5-7,10-11,21,23H,1-4,8-9,12H2. The van der Waals surface area contributed by atoms with E-state index in [1.165, 1.54) is 40.8 Å². The van der Waals surface area contributed by atoms with E-state index >= 15 is 0 Å². The fourth-order valence-corrected chi connectivity index (χ4v) is 4.23. The number of benzene rings is 1. The molecule has 6 heteroatoms. The van der Waals surface area contributed by atoms with Crippen molar-refractivity contribution in [1.29, 1.82) is 0 Å². The second kappa shape index (κ2) is 6.98. The van der Waals surface area contributed by atoms with Gasteiger partial charge >= 0.3 is 0 Å². The number of aromatic nitrogens is 2. The van der Waals surface area contributed by atoms with Crippen molar-refractivity contribution in [2.24, 2.45) is 0 Å². The molecule has 0 unspecified atom stereocenters. The molecule has 0 saturated heterocycles. The number of aliphatic hydroxyl groups excluding tert-OH is 1. The Morgan fingerprint density at radius 1 is 1.32 bits per heavy atom. The van der Waals surface area contributed by atoms with Crippen LogP contribution in [0.4, 0.5) is 0 Å². The van der Waals surface area contributed by atoms with Gasteiger partial charge in [-0.15, -0.1) is 11.3 Å².